The van der Waals surface area contributed by atoms with Gasteiger partial charge >= 0.3 is 0 Å². The lowest BCUT2D eigenvalue weighted by molar-refractivity contribution is 1.30. The summed E-state index contributed by atoms with van der Waals surface area (Å²) in [5.41, 5.74) is 13.0. The van der Waals surface area contributed by atoms with Crippen LogP contribution < -0.4 is 4.90 Å². The third-order valence-corrected chi connectivity index (χ3v) is 12.8. The van der Waals surface area contributed by atoms with Gasteiger partial charge in [-0.1, -0.05) is 212 Å². The highest BCUT2D eigenvalue weighted by atomic mass is 15.1. The van der Waals surface area contributed by atoms with Crippen LogP contribution in [0.5, 0.6) is 0 Å². The van der Waals surface area contributed by atoms with Crippen molar-refractivity contribution in [1.82, 2.24) is 0 Å². The monoisotopic (exact) mass is 799 g/mol. The van der Waals surface area contributed by atoms with Gasteiger partial charge < -0.3 is 4.90 Å². The van der Waals surface area contributed by atoms with E-state index in [0.29, 0.717) is 0 Å². The average Bonchev–Trinajstić information content (AvgIpc) is 3.36. The van der Waals surface area contributed by atoms with Crippen molar-refractivity contribution in [3.05, 3.63) is 249 Å². The maximum Gasteiger partial charge on any atom is 0.0540 e. The predicted octanol–water partition coefficient (Wildman–Crippen LogP) is 17.6. The van der Waals surface area contributed by atoms with E-state index in [9.17, 15) is 0 Å². The van der Waals surface area contributed by atoms with Crippen molar-refractivity contribution in [3.8, 4) is 44.5 Å². The van der Waals surface area contributed by atoms with Crippen LogP contribution in [0.15, 0.2) is 249 Å². The zero-order chi connectivity index (χ0) is 41.7. The standard InChI is InChI=1S/C62H41N/c1-3-18-45(19-4-1)61-58-28-12-11-27-55(58)56-38-35-48(41-59(56)62(61)46-20-5-2-6-21-46)47-23-13-24-50(40-47)63(60-31-15-30-54-53-26-10-8-17-43(53)34-39-57(54)60)49-36-32-44(33-37-49)52-29-14-22-42-16-7-9-25-51(42)52/h1-41H. The molecule has 0 aliphatic heterocycles. The molecule has 0 unspecified atom stereocenters. The van der Waals surface area contributed by atoms with Crippen molar-refractivity contribution in [1.29, 1.82) is 0 Å². The van der Waals surface area contributed by atoms with Gasteiger partial charge in [0.05, 0.1) is 5.69 Å². The van der Waals surface area contributed by atoms with E-state index in [0.717, 1.165) is 22.6 Å². The molecule has 0 amide bonds. The van der Waals surface area contributed by atoms with E-state index in [1.165, 1.54) is 92.8 Å². The molecule has 12 aromatic rings. The highest BCUT2D eigenvalue weighted by Gasteiger charge is 2.20. The van der Waals surface area contributed by atoms with Crippen LogP contribution in [0.2, 0.25) is 0 Å². The maximum absolute atomic E-state index is 2.44. The Bertz CT molecular complexity index is 3660. The summed E-state index contributed by atoms with van der Waals surface area (Å²) in [5.74, 6) is 0. The Labute approximate surface area is 367 Å². The number of benzene rings is 12. The molecule has 0 aliphatic carbocycles. The van der Waals surface area contributed by atoms with Gasteiger partial charge in [-0.3, -0.25) is 0 Å². The average molecular weight is 800 g/mol. The van der Waals surface area contributed by atoms with Crippen LogP contribution in [-0.2, 0) is 0 Å². The van der Waals surface area contributed by atoms with E-state index < -0.39 is 0 Å². The summed E-state index contributed by atoms with van der Waals surface area (Å²) in [4.78, 5) is 2.44. The van der Waals surface area contributed by atoms with E-state index in [2.05, 4.69) is 254 Å². The van der Waals surface area contributed by atoms with E-state index in [1.54, 1.807) is 0 Å². The first kappa shape index (κ1) is 36.6. The number of nitrogens with zero attached hydrogens (tertiary/aromatic N) is 1. The zero-order valence-electron chi connectivity index (χ0n) is 34.6. The van der Waals surface area contributed by atoms with Gasteiger partial charge in [0, 0.05) is 16.8 Å². The minimum atomic E-state index is 1.10. The topological polar surface area (TPSA) is 3.24 Å². The van der Waals surface area contributed by atoms with Crippen LogP contribution in [0.4, 0.5) is 17.1 Å². The molecule has 0 aliphatic rings. The fraction of sp³-hybridized carbons (Fsp3) is 0. The summed E-state index contributed by atoms with van der Waals surface area (Å²) >= 11 is 0. The molecule has 1 nitrogen and oxygen atoms in total. The third-order valence-electron chi connectivity index (χ3n) is 12.8. The van der Waals surface area contributed by atoms with Crippen LogP contribution in [0, 0.1) is 0 Å². The lowest BCUT2D eigenvalue weighted by atomic mass is 9.84. The highest BCUT2D eigenvalue weighted by Crippen LogP contribution is 2.47. The van der Waals surface area contributed by atoms with Crippen LogP contribution in [-0.4, -0.2) is 0 Å². The molecule has 63 heavy (non-hydrogen) atoms. The number of hydrogen-bond donors (Lipinski definition) is 0. The molecular weight excluding hydrogens is 759 g/mol. The summed E-state index contributed by atoms with van der Waals surface area (Å²) < 4.78 is 0. The quantitative estimate of drug-likeness (QED) is 0.145. The Morgan fingerprint density at radius 3 is 1.48 bits per heavy atom. The molecule has 0 radical (unpaired) electrons. The van der Waals surface area contributed by atoms with Gasteiger partial charge in [0.2, 0.25) is 0 Å². The van der Waals surface area contributed by atoms with E-state index in [1.807, 2.05) is 0 Å². The third kappa shape index (κ3) is 6.33. The molecule has 0 saturated heterocycles. The Morgan fingerprint density at radius 2 is 0.714 bits per heavy atom. The molecule has 294 valence electrons. The van der Waals surface area contributed by atoms with Gasteiger partial charge in [-0.15, -0.1) is 0 Å². The molecule has 0 heterocycles. The molecule has 1 heteroatoms. The first-order valence-electron chi connectivity index (χ1n) is 21.8. The smallest absolute Gasteiger partial charge is 0.0540 e. The SMILES string of the molecule is c1ccc(-c2c(-c3ccccc3)c3cc(-c4cccc(N(c5ccc(-c6cccc7ccccc67)cc5)c5cccc6c5ccc5ccccc56)c4)ccc3c3ccccc23)cc1. The van der Waals surface area contributed by atoms with E-state index >= 15 is 0 Å². The molecule has 0 N–H and O–H groups in total. The van der Waals surface area contributed by atoms with Gasteiger partial charge in [0.25, 0.3) is 0 Å². The molecule has 12 rings (SSSR count). The van der Waals surface area contributed by atoms with E-state index in [4.69, 9.17) is 0 Å². The van der Waals surface area contributed by atoms with Crippen LogP contribution in [0.25, 0.3) is 98.4 Å². The summed E-state index contributed by atoms with van der Waals surface area (Å²) in [6.45, 7) is 0. The second-order valence-electron chi connectivity index (χ2n) is 16.4. The van der Waals surface area contributed by atoms with Gasteiger partial charge in [0.15, 0.2) is 0 Å². The zero-order valence-corrected chi connectivity index (χ0v) is 34.6. The van der Waals surface area contributed by atoms with Crippen LogP contribution in [0.3, 0.4) is 0 Å². The number of anilines is 3. The summed E-state index contributed by atoms with van der Waals surface area (Å²) in [6, 6.07) is 91.1. The Hall–Kier alpha value is -8.26. The summed E-state index contributed by atoms with van der Waals surface area (Å²) in [7, 11) is 0. The largest absolute Gasteiger partial charge is 0.310 e. The summed E-state index contributed by atoms with van der Waals surface area (Å²) in [6.07, 6.45) is 0. The number of hydrogen-bond acceptors (Lipinski definition) is 1. The lowest BCUT2D eigenvalue weighted by Crippen LogP contribution is -2.10. The Morgan fingerprint density at radius 1 is 0.222 bits per heavy atom. The van der Waals surface area contributed by atoms with Crippen molar-refractivity contribution >= 4 is 70.9 Å². The molecule has 0 saturated carbocycles. The second-order valence-corrected chi connectivity index (χ2v) is 16.4. The van der Waals surface area contributed by atoms with E-state index in [-0.39, 0.29) is 0 Å². The predicted molar refractivity (Wildman–Crippen MR) is 270 cm³/mol. The van der Waals surface area contributed by atoms with Crippen LogP contribution >= 0.6 is 0 Å². The molecule has 0 spiro atoms. The molecule has 0 bridgehead atoms. The minimum Gasteiger partial charge on any atom is -0.310 e. The molecule has 0 fully saturated rings. The van der Waals surface area contributed by atoms with Gasteiger partial charge in [-0.05, 0) is 129 Å². The second kappa shape index (κ2) is 15.3. The fourth-order valence-corrected chi connectivity index (χ4v) is 9.92. The molecular formula is C62H41N. The molecule has 0 aromatic heterocycles. The minimum absolute atomic E-state index is 1.10. The molecule has 12 aromatic carbocycles. The lowest BCUT2D eigenvalue weighted by Gasteiger charge is -2.28. The van der Waals surface area contributed by atoms with Crippen molar-refractivity contribution in [2.24, 2.45) is 0 Å². The van der Waals surface area contributed by atoms with Crippen LogP contribution in [0.1, 0.15) is 0 Å². The summed E-state index contributed by atoms with van der Waals surface area (Å²) in [5, 5.41) is 12.4. The van der Waals surface area contributed by atoms with Crippen molar-refractivity contribution < 1.29 is 0 Å². The van der Waals surface area contributed by atoms with Crippen molar-refractivity contribution in [2.75, 3.05) is 4.90 Å². The van der Waals surface area contributed by atoms with Crippen molar-refractivity contribution in [3.63, 3.8) is 0 Å². The fourth-order valence-electron chi connectivity index (χ4n) is 9.92. The number of rotatable bonds is 7. The first-order chi connectivity index (χ1) is 31.3. The maximum atomic E-state index is 2.44. The van der Waals surface area contributed by atoms with Gasteiger partial charge in [-0.2, -0.15) is 0 Å². The Balaban J connectivity index is 1.06. The first-order valence-corrected chi connectivity index (χ1v) is 21.8. The highest BCUT2D eigenvalue weighted by molar-refractivity contribution is 6.22. The molecule has 0 atom stereocenters. The van der Waals surface area contributed by atoms with Gasteiger partial charge in [0.1, 0.15) is 0 Å². The van der Waals surface area contributed by atoms with Crippen molar-refractivity contribution in [2.45, 2.75) is 0 Å². The normalized spacial score (nSPS) is 11.5. The number of fused-ring (bicyclic) bond motifs is 7. The van der Waals surface area contributed by atoms with Gasteiger partial charge in [-0.25, -0.2) is 0 Å². The Kier molecular flexibility index (Phi) is 8.90.